The summed E-state index contributed by atoms with van der Waals surface area (Å²) >= 11 is 1.70. The van der Waals surface area contributed by atoms with E-state index in [-0.39, 0.29) is 23.8 Å². The highest BCUT2D eigenvalue weighted by Crippen LogP contribution is 2.27. The van der Waals surface area contributed by atoms with Gasteiger partial charge in [0.25, 0.3) is 0 Å². The number of hydrogen-bond acceptors (Lipinski definition) is 3. The molecule has 0 saturated carbocycles. The first kappa shape index (κ1) is 13.3. The zero-order valence-electron chi connectivity index (χ0n) is 11.2. The molecule has 0 aromatic carbocycles. The van der Waals surface area contributed by atoms with Crippen molar-refractivity contribution in [3.8, 4) is 0 Å². The van der Waals surface area contributed by atoms with Crippen molar-refractivity contribution in [2.45, 2.75) is 45.6 Å². The number of thiophene rings is 1. The van der Waals surface area contributed by atoms with Gasteiger partial charge in [-0.15, -0.1) is 11.3 Å². The zero-order chi connectivity index (χ0) is 13.3. The molecule has 0 aliphatic carbocycles. The summed E-state index contributed by atoms with van der Waals surface area (Å²) in [6, 6.07) is 2.08. The predicted molar refractivity (Wildman–Crippen MR) is 72.8 cm³/mol. The lowest BCUT2D eigenvalue weighted by atomic mass is 10.0. The summed E-state index contributed by atoms with van der Waals surface area (Å²) in [5.41, 5.74) is 0.947. The summed E-state index contributed by atoms with van der Waals surface area (Å²) in [5.74, 6) is 0.263. The predicted octanol–water partition coefficient (Wildman–Crippen LogP) is 2.57. The Bertz CT molecular complexity index is 476. The largest absolute Gasteiger partial charge is 0.330 e. The Morgan fingerprint density at radius 1 is 1.50 bits per heavy atom. The zero-order valence-corrected chi connectivity index (χ0v) is 12.0. The van der Waals surface area contributed by atoms with Gasteiger partial charge >= 0.3 is 0 Å². The van der Waals surface area contributed by atoms with E-state index in [1.165, 1.54) is 10.4 Å². The highest BCUT2D eigenvalue weighted by Gasteiger charge is 2.39. The van der Waals surface area contributed by atoms with E-state index >= 15 is 0 Å². The Labute approximate surface area is 112 Å². The van der Waals surface area contributed by atoms with Crippen molar-refractivity contribution in [2.75, 3.05) is 6.54 Å². The molecule has 0 atom stereocenters. The van der Waals surface area contributed by atoms with Gasteiger partial charge in [0.15, 0.2) is 5.78 Å². The van der Waals surface area contributed by atoms with Gasteiger partial charge in [-0.2, -0.15) is 0 Å². The molecule has 1 aliphatic heterocycles. The molecule has 2 heterocycles. The number of likely N-dealkylation sites (tertiary alicyclic amines) is 1. The first-order valence-corrected chi connectivity index (χ1v) is 7.13. The van der Waals surface area contributed by atoms with Crippen molar-refractivity contribution in [2.24, 2.45) is 0 Å². The van der Waals surface area contributed by atoms with Gasteiger partial charge in [-0.1, -0.05) is 0 Å². The third-order valence-corrected chi connectivity index (χ3v) is 4.61. The van der Waals surface area contributed by atoms with Gasteiger partial charge in [0.05, 0.1) is 6.54 Å². The van der Waals surface area contributed by atoms with E-state index in [1.807, 2.05) is 13.8 Å². The maximum Gasteiger partial charge on any atom is 0.223 e. The van der Waals surface area contributed by atoms with Crippen LogP contribution in [0.15, 0.2) is 11.4 Å². The first-order valence-electron chi connectivity index (χ1n) is 6.25. The molecule has 98 valence electrons. The maximum atomic E-state index is 12.2. The second-order valence-corrected chi connectivity index (χ2v) is 6.54. The number of amides is 1. The van der Waals surface area contributed by atoms with Gasteiger partial charge in [0.1, 0.15) is 0 Å². The SMILES string of the molecule is Cc1ccsc1CCC(=O)N1CC(=O)CC1(C)C. The van der Waals surface area contributed by atoms with E-state index < -0.39 is 0 Å². The summed E-state index contributed by atoms with van der Waals surface area (Å²) in [6.07, 6.45) is 1.76. The second-order valence-electron chi connectivity index (χ2n) is 5.53. The van der Waals surface area contributed by atoms with E-state index in [0.29, 0.717) is 12.8 Å². The van der Waals surface area contributed by atoms with Crippen LogP contribution in [0.3, 0.4) is 0 Å². The number of aryl methyl sites for hydroxylation is 2. The van der Waals surface area contributed by atoms with Crippen LogP contribution < -0.4 is 0 Å². The molecule has 0 spiro atoms. The summed E-state index contributed by atoms with van der Waals surface area (Å²) in [7, 11) is 0. The Hall–Kier alpha value is -1.16. The molecule has 1 aromatic heterocycles. The van der Waals surface area contributed by atoms with Crippen molar-refractivity contribution < 1.29 is 9.59 Å². The van der Waals surface area contributed by atoms with Crippen LogP contribution >= 0.6 is 11.3 Å². The van der Waals surface area contributed by atoms with E-state index in [9.17, 15) is 9.59 Å². The van der Waals surface area contributed by atoms with E-state index in [0.717, 1.165) is 6.42 Å². The number of carbonyl (C=O) groups is 2. The third kappa shape index (κ3) is 2.64. The third-order valence-electron chi connectivity index (χ3n) is 3.53. The highest BCUT2D eigenvalue weighted by molar-refractivity contribution is 7.10. The highest BCUT2D eigenvalue weighted by atomic mass is 32.1. The minimum Gasteiger partial charge on any atom is -0.330 e. The van der Waals surface area contributed by atoms with Crippen molar-refractivity contribution in [3.05, 3.63) is 21.9 Å². The maximum absolute atomic E-state index is 12.2. The van der Waals surface area contributed by atoms with Gasteiger partial charge in [0.2, 0.25) is 5.91 Å². The van der Waals surface area contributed by atoms with Crippen molar-refractivity contribution >= 4 is 23.0 Å². The molecule has 3 nitrogen and oxygen atoms in total. The fourth-order valence-corrected chi connectivity index (χ4v) is 3.38. The number of carbonyl (C=O) groups excluding carboxylic acids is 2. The normalized spacial score (nSPS) is 18.4. The standard InChI is InChI=1S/C14H19NO2S/c1-10-6-7-18-12(10)4-5-13(17)15-9-11(16)8-14(15,2)3/h6-7H,4-5,8-9H2,1-3H3. The first-order chi connectivity index (χ1) is 8.40. The number of ketones is 1. The van der Waals surface area contributed by atoms with E-state index in [1.54, 1.807) is 16.2 Å². The van der Waals surface area contributed by atoms with Gasteiger partial charge < -0.3 is 4.90 Å². The topological polar surface area (TPSA) is 37.4 Å². The van der Waals surface area contributed by atoms with Gasteiger partial charge in [-0.25, -0.2) is 0 Å². The van der Waals surface area contributed by atoms with Gasteiger partial charge in [-0.3, -0.25) is 9.59 Å². The molecule has 0 N–H and O–H groups in total. The summed E-state index contributed by atoms with van der Waals surface area (Å²) < 4.78 is 0. The molecule has 1 amide bonds. The molecule has 0 unspecified atom stereocenters. The second kappa shape index (κ2) is 4.84. The van der Waals surface area contributed by atoms with Crippen molar-refractivity contribution in [1.29, 1.82) is 0 Å². The van der Waals surface area contributed by atoms with Gasteiger partial charge in [-0.05, 0) is 44.2 Å². The molecule has 1 aliphatic rings. The average Bonchev–Trinajstić information content (AvgIpc) is 2.78. The lowest BCUT2D eigenvalue weighted by molar-refractivity contribution is -0.135. The van der Waals surface area contributed by atoms with Crippen LogP contribution in [-0.2, 0) is 16.0 Å². The molecule has 1 aromatic rings. The smallest absolute Gasteiger partial charge is 0.223 e. The van der Waals surface area contributed by atoms with Crippen molar-refractivity contribution in [1.82, 2.24) is 4.90 Å². The average molecular weight is 265 g/mol. The summed E-state index contributed by atoms with van der Waals surface area (Å²) in [6.45, 7) is 6.28. The molecular weight excluding hydrogens is 246 g/mol. The number of nitrogens with zero attached hydrogens (tertiary/aromatic N) is 1. The molecule has 18 heavy (non-hydrogen) atoms. The summed E-state index contributed by atoms with van der Waals surface area (Å²) in [5, 5.41) is 2.05. The Morgan fingerprint density at radius 2 is 2.22 bits per heavy atom. The lowest BCUT2D eigenvalue weighted by Crippen LogP contribution is -2.42. The molecule has 1 fully saturated rings. The number of Topliss-reactive ketones (excluding diaryl/α,β-unsaturated/α-hetero) is 1. The molecule has 4 heteroatoms. The fourth-order valence-electron chi connectivity index (χ4n) is 2.47. The Kier molecular flexibility index (Phi) is 3.57. The van der Waals surface area contributed by atoms with Crippen LogP contribution in [0.1, 0.15) is 37.1 Å². The molecule has 1 saturated heterocycles. The fraction of sp³-hybridized carbons (Fsp3) is 0.571. The summed E-state index contributed by atoms with van der Waals surface area (Å²) in [4.78, 5) is 26.7. The number of hydrogen-bond donors (Lipinski definition) is 0. The molecule has 0 bridgehead atoms. The van der Waals surface area contributed by atoms with Crippen LogP contribution in [0.5, 0.6) is 0 Å². The molecule has 2 rings (SSSR count). The molecular formula is C14H19NO2S. The minimum atomic E-state index is -0.307. The quantitative estimate of drug-likeness (QED) is 0.842. The van der Waals surface area contributed by atoms with Crippen LogP contribution in [0.25, 0.3) is 0 Å². The van der Waals surface area contributed by atoms with E-state index in [2.05, 4.69) is 18.4 Å². The van der Waals surface area contributed by atoms with Crippen LogP contribution in [0, 0.1) is 6.92 Å². The lowest BCUT2D eigenvalue weighted by Gasteiger charge is -2.30. The van der Waals surface area contributed by atoms with Gasteiger partial charge in [0, 0.05) is 23.3 Å². The molecule has 0 radical (unpaired) electrons. The number of rotatable bonds is 3. The Morgan fingerprint density at radius 3 is 2.72 bits per heavy atom. The van der Waals surface area contributed by atoms with E-state index in [4.69, 9.17) is 0 Å². The van der Waals surface area contributed by atoms with Crippen LogP contribution in [0.4, 0.5) is 0 Å². The van der Waals surface area contributed by atoms with Crippen molar-refractivity contribution in [3.63, 3.8) is 0 Å². The minimum absolute atomic E-state index is 0.0960. The Balaban J connectivity index is 1.97. The van der Waals surface area contributed by atoms with Crippen LogP contribution in [0.2, 0.25) is 0 Å². The van der Waals surface area contributed by atoms with Crippen LogP contribution in [-0.4, -0.2) is 28.7 Å². The monoisotopic (exact) mass is 265 g/mol.